The van der Waals surface area contributed by atoms with Crippen molar-refractivity contribution in [1.29, 1.82) is 0 Å². The van der Waals surface area contributed by atoms with Crippen molar-refractivity contribution in [2.75, 3.05) is 0 Å². The fourth-order valence-electron chi connectivity index (χ4n) is 7.39. The van der Waals surface area contributed by atoms with Gasteiger partial charge in [-0.25, -0.2) is 4.79 Å². The van der Waals surface area contributed by atoms with Crippen LogP contribution in [0.25, 0.3) is 0 Å². The third-order valence-corrected chi connectivity index (χ3v) is 8.83. The summed E-state index contributed by atoms with van der Waals surface area (Å²) in [6, 6.07) is 1.79. The molecule has 0 N–H and O–H groups in total. The Balaban J connectivity index is 1.56. The molecule has 2 heterocycles. The van der Waals surface area contributed by atoms with Crippen LogP contribution in [0.3, 0.4) is 0 Å². The Kier molecular flexibility index (Phi) is 6.06. The van der Waals surface area contributed by atoms with E-state index in [1.54, 1.807) is 18.6 Å². The first kappa shape index (κ1) is 23.1. The van der Waals surface area contributed by atoms with Crippen LogP contribution in [-0.4, -0.2) is 17.5 Å². The normalized spacial score (nSPS) is 36.4. The lowest BCUT2D eigenvalue weighted by Crippen LogP contribution is -2.58. The van der Waals surface area contributed by atoms with Crippen molar-refractivity contribution in [3.8, 4) is 0 Å². The molecule has 0 spiro atoms. The van der Waals surface area contributed by atoms with E-state index >= 15 is 0 Å². The van der Waals surface area contributed by atoms with Crippen molar-refractivity contribution in [3.05, 3.63) is 35.8 Å². The smallest absolute Gasteiger partial charge is 0.334 e. The Bertz CT molecular complexity index is 882. The van der Waals surface area contributed by atoms with E-state index in [1.165, 1.54) is 26.2 Å². The number of carbonyl (C=O) groups excluding carboxylic acids is 2. The van der Waals surface area contributed by atoms with Crippen LogP contribution < -0.4 is 0 Å². The molecule has 0 aromatic carbocycles. The summed E-state index contributed by atoms with van der Waals surface area (Å²) in [5.41, 5.74) is 1.62. The average Bonchev–Trinajstić information content (AvgIpc) is 3.17. The first-order valence-electron chi connectivity index (χ1n) is 12.2. The molecule has 0 amide bonds. The van der Waals surface area contributed by atoms with E-state index in [-0.39, 0.29) is 17.4 Å². The van der Waals surface area contributed by atoms with Crippen molar-refractivity contribution >= 4 is 11.9 Å². The van der Waals surface area contributed by atoms with Crippen LogP contribution in [0.1, 0.15) is 97.7 Å². The lowest BCUT2D eigenvalue weighted by Gasteiger charge is -2.61. The van der Waals surface area contributed by atoms with Gasteiger partial charge in [-0.3, -0.25) is 4.79 Å². The fraction of sp³-hybridized carbons (Fsp3) is 0.704. The van der Waals surface area contributed by atoms with Crippen molar-refractivity contribution < 1.29 is 23.5 Å². The average molecular weight is 443 g/mol. The van der Waals surface area contributed by atoms with Gasteiger partial charge < -0.3 is 13.9 Å². The van der Waals surface area contributed by atoms with Gasteiger partial charge >= 0.3 is 11.9 Å². The zero-order chi connectivity index (χ0) is 23.1. The number of hydrogen-bond acceptors (Lipinski definition) is 5. The SMILES string of the molecule is CC(=O)O[C@H](C/C=C1/CC[C@@H]2[C@@]3(C)CCCC(C)(C)[C@@H]3CC[C@@]2(C)OC1=O)c1ccoc1. The van der Waals surface area contributed by atoms with Gasteiger partial charge in [-0.1, -0.05) is 33.3 Å². The van der Waals surface area contributed by atoms with Crippen molar-refractivity contribution in [2.24, 2.45) is 22.7 Å². The minimum absolute atomic E-state index is 0.196. The van der Waals surface area contributed by atoms with Crippen molar-refractivity contribution in [1.82, 2.24) is 0 Å². The third-order valence-electron chi connectivity index (χ3n) is 8.83. The maximum atomic E-state index is 13.2. The lowest BCUT2D eigenvalue weighted by atomic mass is 9.45. The van der Waals surface area contributed by atoms with Crippen LogP contribution in [0.2, 0.25) is 0 Å². The van der Waals surface area contributed by atoms with E-state index < -0.39 is 11.7 Å². The Morgan fingerprint density at radius 1 is 1.19 bits per heavy atom. The largest absolute Gasteiger partial charge is 0.472 e. The first-order valence-corrected chi connectivity index (χ1v) is 12.2. The quantitative estimate of drug-likeness (QED) is 0.391. The minimum Gasteiger partial charge on any atom is -0.472 e. The first-order chi connectivity index (χ1) is 15.1. The molecule has 2 aliphatic carbocycles. The van der Waals surface area contributed by atoms with Crippen LogP contribution in [-0.2, 0) is 19.1 Å². The van der Waals surface area contributed by atoms with Gasteiger partial charge in [-0.05, 0) is 68.3 Å². The number of rotatable bonds is 4. The minimum atomic E-state index is -0.464. The highest BCUT2D eigenvalue weighted by Crippen LogP contribution is 2.64. The number of esters is 2. The van der Waals surface area contributed by atoms with E-state index in [0.29, 0.717) is 35.7 Å². The summed E-state index contributed by atoms with van der Waals surface area (Å²) < 4.78 is 16.9. The molecule has 5 atom stereocenters. The van der Waals surface area contributed by atoms with Gasteiger partial charge in [0, 0.05) is 30.4 Å². The summed E-state index contributed by atoms with van der Waals surface area (Å²) in [5, 5.41) is 0. The monoisotopic (exact) mass is 442 g/mol. The van der Waals surface area contributed by atoms with Gasteiger partial charge in [-0.15, -0.1) is 0 Å². The Labute approximate surface area is 191 Å². The number of carbonyl (C=O) groups is 2. The van der Waals surface area contributed by atoms with E-state index in [1.807, 2.05) is 6.08 Å². The molecule has 5 nitrogen and oxygen atoms in total. The Morgan fingerprint density at radius 2 is 1.97 bits per heavy atom. The molecule has 0 unspecified atom stereocenters. The van der Waals surface area contributed by atoms with Crippen LogP contribution in [0, 0.1) is 22.7 Å². The molecule has 0 bridgehead atoms. The molecule has 3 aliphatic rings. The van der Waals surface area contributed by atoms with Gasteiger partial charge in [0.25, 0.3) is 0 Å². The zero-order valence-corrected chi connectivity index (χ0v) is 20.2. The van der Waals surface area contributed by atoms with Crippen molar-refractivity contribution in [3.63, 3.8) is 0 Å². The van der Waals surface area contributed by atoms with Crippen LogP contribution in [0.15, 0.2) is 34.7 Å². The predicted molar refractivity (Wildman–Crippen MR) is 122 cm³/mol. The number of hydrogen-bond donors (Lipinski definition) is 0. The Morgan fingerprint density at radius 3 is 2.66 bits per heavy atom. The van der Waals surface area contributed by atoms with Gasteiger partial charge in [-0.2, -0.15) is 0 Å². The van der Waals surface area contributed by atoms with Crippen LogP contribution in [0.4, 0.5) is 0 Å². The molecule has 176 valence electrons. The molecule has 2 saturated carbocycles. The van der Waals surface area contributed by atoms with Gasteiger partial charge in [0.2, 0.25) is 0 Å². The van der Waals surface area contributed by atoms with Crippen molar-refractivity contribution in [2.45, 2.75) is 97.7 Å². The maximum Gasteiger partial charge on any atom is 0.334 e. The molecule has 32 heavy (non-hydrogen) atoms. The number of furan rings is 1. The third kappa shape index (κ3) is 4.15. The zero-order valence-electron chi connectivity index (χ0n) is 20.2. The van der Waals surface area contributed by atoms with E-state index in [9.17, 15) is 9.59 Å². The summed E-state index contributed by atoms with van der Waals surface area (Å²) in [6.45, 7) is 10.9. The molecule has 4 rings (SSSR count). The van der Waals surface area contributed by atoms with E-state index in [4.69, 9.17) is 13.9 Å². The fourth-order valence-corrected chi connectivity index (χ4v) is 7.39. The van der Waals surface area contributed by atoms with E-state index in [2.05, 4.69) is 27.7 Å². The number of fused-ring (bicyclic) bond motifs is 3. The van der Waals surface area contributed by atoms with Gasteiger partial charge in [0.1, 0.15) is 11.7 Å². The predicted octanol–water partition coefficient (Wildman–Crippen LogP) is 6.54. The van der Waals surface area contributed by atoms with Crippen LogP contribution in [0.5, 0.6) is 0 Å². The molecule has 1 saturated heterocycles. The number of ether oxygens (including phenoxy) is 2. The summed E-state index contributed by atoms with van der Waals surface area (Å²) >= 11 is 0. The van der Waals surface area contributed by atoms with Gasteiger partial charge in [0.05, 0.1) is 12.5 Å². The second-order valence-corrected chi connectivity index (χ2v) is 11.4. The second kappa shape index (κ2) is 8.39. The summed E-state index contributed by atoms with van der Waals surface area (Å²) in [6.07, 6.45) is 12.5. The van der Waals surface area contributed by atoms with Gasteiger partial charge in [0.15, 0.2) is 0 Å². The molecule has 1 aromatic rings. The lowest BCUT2D eigenvalue weighted by molar-refractivity contribution is -0.193. The highest BCUT2D eigenvalue weighted by atomic mass is 16.6. The molecule has 5 heteroatoms. The standard InChI is InChI=1S/C27H38O5/c1-18(28)31-21(20-12-16-30-17-20)9-7-19-8-10-23-26(4)14-6-13-25(2,3)22(26)11-15-27(23,5)32-24(19)29/h7,12,16-17,21-23H,6,8-11,13-15H2,1-5H3/b19-7-/t21-,22+,23-,26+,27-/m1/s1. The highest BCUT2D eigenvalue weighted by molar-refractivity contribution is 5.89. The van der Waals surface area contributed by atoms with Crippen LogP contribution >= 0.6 is 0 Å². The molecular formula is C27H38O5. The second-order valence-electron chi connectivity index (χ2n) is 11.4. The maximum absolute atomic E-state index is 13.2. The molecule has 3 fully saturated rings. The molecule has 1 aromatic heterocycles. The molecule has 0 radical (unpaired) electrons. The summed E-state index contributed by atoms with van der Waals surface area (Å²) in [4.78, 5) is 24.8. The van der Waals surface area contributed by atoms with E-state index in [0.717, 1.165) is 24.8 Å². The molecular weight excluding hydrogens is 404 g/mol. The molecule has 1 aliphatic heterocycles. The highest BCUT2D eigenvalue weighted by Gasteiger charge is 2.60. The Hall–Kier alpha value is -2.04. The summed E-state index contributed by atoms with van der Waals surface area (Å²) in [5.74, 6) is 0.471. The summed E-state index contributed by atoms with van der Waals surface area (Å²) in [7, 11) is 0. The topological polar surface area (TPSA) is 65.7 Å².